The van der Waals surface area contributed by atoms with Crippen molar-refractivity contribution in [2.45, 2.75) is 45.1 Å². The summed E-state index contributed by atoms with van der Waals surface area (Å²) in [5, 5.41) is 7.33. The monoisotopic (exact) mass is 285 g/mol. The van der Waals surface area contributed by atoms with Crippen LogP contribution in [0, 0.1) is 13.8 Å². The Morgan fingerprint density at radius 3 is 2.62 bits per heavy atom. The predicted molar refractivity (Wildman–Crippen MR) is 85.2 cm³/mol. The molecule has 4 heteroatoms. The lowest BCUT2D eigenvalue weighted by atomic mass is 9.76. The lowest BCUT2D eigenvalue weighted by Gasteiger charge is -2.40. The van der Waals surface area contributed by atoms with E-state index in [1.165, 1.54) is 17.5 Å². The molecule has 0 amide bonds. The van der Waals surface area contributed by atoms with Gasteiger partial charge in [0.25, 0.3) is 0 Å². The number of hydrogen-bond donors (Lipinski definition) is 2. The van der Waals surface area contributed by atoms with Crippen LogP contribution in [-0.4, -0.2) is 22.9 Å². The number of H-pyrrole nitrogens is 1. The molecule has 1 fully saturated rings. The summed E-state index contributed by atoms with van der Waals surface area (Å²) in [6, 6.07) is 6.43. The number of anilines is 1. The van der Waals surface area contributed by atoms with E-state index in [1.807, 2.05) is 0 Å². The molecule has 0 spiro atoms. The summed E-state index contributed by atoms with van der Waals surface area (Å²) >= 11 is 0. The van der Waals surface area contributed by atoms with Gasteiger partial charge in [0.2, 0.25) is 0 Å². The molecule has 1 aliphatic rings. The molecule has 0 radical (unpaired) electrons. The van der Waals surface area contributed by atoms with E-state index in [1.54, 1.807) is 7.11 Å². The second kappa shape index (κ2) is 5.19. The summed E-state index contributed by atoms with van der Waals surface area (Å²) in [6.07, 6.45) is 4.29. The van der Waals surface area contributed by atoms with E-state index in [0.717, 1.165) is 36.1 Å². The van der Waals surface area contributed by atoms with Crippen molar-refractivity contribution in [3.63, 3.8) is 0 Å². The highest BCUT2D eigenvalue weighted by atomic mass is 16.5. The molecule has 0 saturated heterocycles. The first-order valence-corrected chi connectivity index (χ1v) is 7.50. The predicted octanol–water partition coefficient (Wildman–Crippen LogP) is 3.39. The average molecular weight is 285 g/mol. The Labute approximate surface area is 125 Å². The number of ether oxygens (including phenoxy) is 1. The van der Waals surface area contributed by atoms with Gasteiger partial charge in [0, 0.05) is 24.8 Å². The van der Waals surface area contributed by atoms with Crippen LogP contribution < -0.4 is 5.73 Å². The molecule has 3 N–H and O–H groups in total. The van der Waals surface area contributed by atoms with Crippen LogP contribution in [0.5, 0.6) is 0 Å². The zero-order valence-corrected chi connectivity index (χ0v) is 13.0. The lowest BCUT2D eigenvalue weighted by molar-refractivity contribution is -0.0713. The van der Waals surface area contributed by atoms with Crippen LogP contribution in [0.15, 0.2) is 18.2 Å². The van der Waals surface area contributed by atoms with Crippen LogP contribution in [0.25, 0.3) is 11.1 Å². The van der Waals surface area contributed by atoms with Crippen LogP contribution in [0.1, 0.15) is 36.1 Å². The second-order valence-corrected chi connectivity index (χ2v) is 6.18. The molecular weight excluding hydrogens is 262 g/mol. The van der Waals surface area contributed by atoms with Gasteiger partial charge in [0.1, 0.15) is 0 Å². The van der Waals surface area contributed by atoms with Crippen molar-refractivity contribution < 1.29 is 4.74 Å². The van der Waals surface area contributed by atoms with Crippen molar-refractivity contribution in [2.24, 2.45) is 0 Å². The zero-order chi connectivity index (χ0) is 15.0. The van der Waals surface area contributed by atoms with Gasteiger partial charge in [-0.1, -0.05) is 18.2 Å². The van der Waals surface area contributed by atoms with Gasteiger partial charge in [-0.3, -0.25) is 5.10 Å². The number of nitrogens with one attached hydrogen (secondary N) is 1. The summed E-state index contributed by atoms with van der Waals surface area (Å²) in [5.41, 5.74) is 11.9. The van der Waals surface area contributed by atoms with Crippen LogP contribution in [0.4, 0.5) is 5.82 Å². The highest BCUT2D eigenvalue weighted by Gasteiger charge is 2.38. The number of nitrogen functional groups attached to an aromatic ring is 1. The molecule has 1 saturated carbocycles. The second-order valence-electron chi connectivity index (χ2n) is 6.18. The highest BCUT2D eigenvalue weighted by molar-refractivity contribution is 5.77. The van der Waals surface area contributed by atoms with Gasteiger partial charge in [0.15, 0.2) is 5.82 Å². The van der Waals surface area contributed by atoms with Crippen molar-refractivity contribution in [3.8, 4) is 11.1 Å². The van der Waals surface area contributed by atoms with Crippen molar-refractivity contribution in [2.75, 3.05) is 12.8 Å². The number of benzene rings is 1. The summed E-state index contributed by atoms with van der Waals surface area (Å²) < 4.78 is 5.73. The minimum Gasteiger partial charge on any atom is -0.382 e. The van der Waals surface area contributed by atoms with E-state index in [-0.39, 0.29) is 5.60 Å². The lowest BCUT2D eigenvalue weighted by Crippen LogP contribution is -2.41. The molecule has 4 nitrogen and oxygen atoms in total. The van der Waals surface area contributed by atoms with Crippen molar-refractivity contribution in [3.05, 3.63) is 35.0 Å². The number of aryl methyl sites for hydroxylation is 2. The molecule has 1 aromatic heterocycles. The molecule has 1 heterocycles. The summed E-state index contributed by atoms with van der Waals surface area (Å²) in [7, 11) is 1.80. The molecule has 3 rings (SSSR count). The standard InChI is InChI=1S/C17H23N3O/c1-11-5-6-13(9-12(11)2)15-14(19-20-16(15)18)10-17(21-3)7-4-8-17/h5-6,9H,4,7-8,10H2,1-3H3,(H3,18,19,20). The summed E-state index contributed by atoms with van der Waals surface area (Å²) in [6.45, 7) is 4.24. The molecule has 112 valence electrons. The quantitative estimate of drug-likeness (QED) is 0.905. The van der Waals surface area contributed by atoms with Gasteiger partial charge in [-0.05, 0) is 49.8 Å². The molecule has 1 aromatic carbocycles. The van der Waals surface area contributed by atoms with Gasteiger partial charge < -0.3 is 10.5 Å². The van der Waals surface area contributed by atoms with E-state index in [4.69, 9.17) is 10.5 Å². The minimum atomic E-state index is -0.0343. The molecule has 21 heavy (non-hydrogen) atoms. The number of aromatic nitrogens is 2. The average Bonchev–Trinajstić information content (AvgIpc) is 2.78. The maximum absolute atomic E-state index is 6.10. The number of nitrogens with zero attached hydrogens (tertiary/aromatic N) is 1. The van der Waals surface area contributed by atoms with E-state index in [2.05, 4.69) is 42.2 Å². The van der Waals surface area contributed by atoms with Crippen LogP contribution in [-0.2, 0) is 11.2 Å². The largest absolute Gasteiger partial charge is 0.382 e. The van der Waals surface area contributed by atoms with Gasteiger partial charge in [-0.2, -0.15) is 5.10 Å². The van der Waals surface area contributed by atoms with Crippen molar-refractivity contribution in [1.29, 1.82) is 0 Å². The Morgan fingerprint density at radius 2 is 2.05 bits per heavy atom. The van der Waals surface area contributed by atoms with Crippen LogP contribution in [0.2, 0.25) is 0 Å². The topological polar surface area (TPSA) is 63.9 Å². The molecule has 1 aliphatic carbocycles. The molecule has 0 aliphatic heterocycles. The molecular formula is C17H23N3O. The van der Waals surface area contributed by atoms with E-state index in [9.17, 15) is 0 Å². The Balaban J connectivity index is 1.98. The summed E-state index contributed by atoms with van der Waals surface area (Å²) in [4.78, 5) is 0. The Bertz CT molecular complexity index is 651. The Hall–Kier alpha value is -1.81. The maximum Gasteiger partial charge on any atom is 0.153 e. The first-order valence-electron chi connectivity index (χ1n) is 7.50. The van der Waals surface area contributed by atoms with Crippen molar-refractivity contribution >= 4 is 5.82 Å². The fraction of sp³-hybridized carbons (Fsp3) is 0.471. The fourth-order valence-corrected chi connectivity index (χ4v) is 3.09. The van der Waals surface area contributed by atoms with E-state index in [0.29, 0.717) is 5.82 Å². The number of rotatable bonds is 4. The van der Waals surface area contributed by atoms with Crippen LogP contribution >= 0.6 is 0 Å². The van der Waals surface area contributed by atoms with Crippen LogP contribution in [0.3, 0.4) is 0 Å². The smallest absolute Gasteiger partial charge is 0.153 e. The van der Waals surface area contributed by atoms with Gasteiger partial charge in [0.05, 0.1) is 5.60 Å². The first-order chi connectivity index (χ1) is 10.0. The minimum absolute atomic E-state index is 0.0343. The summed E-state index contributed by atoms with van der Waals surface area (Å²) in [5.74, 6) is 0.568. The maximum atomic E-state index is 6.10. The molecule has 0 atom stereocenters. The zero-order valence-electron chi connectivity index (χ0n) is 13.0. The number of aromatic amines is 1. The molecule has 0 unspecified atom stereocenters. The third kappa shape index (κ3) is 2.44. The highest BCUT2D eigenvalue weighted by Crippen LogP contribution is 2.40. The van der Waals surface area contributed by atoms with Crippen molar-refractivity contribution in [1.82, 2.24) is 10.2 Å². The number of hydrogen-bond acceptors (Lipinski definition) is 3. The third-order valence-electron chi connectivity index (χ3n) is 4.86. The third-order valence-corrected chi connectivity index (χ3v) is 4.86. The number of nitrogens with two attached hydrogens (primary N) is 1. The van der Waals surface area contributed by atoms with Gasteiger partial charge in [-0.15, -0.1) is 0 Å². The SMILES string of the molecule is COC1(Cc2[nH]nc(N)c2-c2ccc(C)c(C)c2)CCC1. The fourth-order valence-electron chi connectivity index (χ4n) is 3.09. The van der Waals surface area contributed by atoms with Gasteiger partial charge in [-0.25, -0.2) is 0 Å². The Morgan fingerprint density at radius 1 is 1.29 bits per heavy atom. The first kappa shape index (κ1) is 14.1. The molecule has 0 bridgehead atoms. The molecule has 2 aromatic rings. The normalized spacial score (nSPS) is 16.7. The van der Waals surface area contributed by atoms with E-state index < -0.39 is 0 Å². The number of methoxy groups -OCH3 is 1. The van der Waals surface area contributed by atoms with E-state index >= 15 is 0 Å². The van der Waals surface area contributed by atoms with Gasteiger partial charge >= 0.3 is 0 Å². The Kier molecular flexibility index (Phi) is 3.49.